The summed E-state index contributed by atoms with van der Waals surface area (Å²) in [6.07, 6.45) is 13.3. The molecule has 0 aliphatic rings. The lowest BCUT2D eigenvalue weighted by molar-refractivity contribution is -0.133. The van der Waals surface area contributed by atoms with Crippen LogP contribution in [0.4, 0.5) is 0 Å². The number of carboxylic acid groups (broad SMARTS) is 2. The summed E-state index contributed by atoms with van der Waals surface area (Å²) < 4.78 is 0. The molecule has 25 heavy (non-hydrogen) atoms. The number of hydrogen-bond acceptors (Lipinski definition) is 3. The lowest BCUT2D eigenvalue weighted by Crippen LogP contribution is -1.92. The van der Waals surface area contributed by atoms with Crippen LogP contribution < -0.4 is 0 Å². The highest BCUT2D eigenvalue weighted by molar-refractivity contribution is 5.85. The summed E-state index contributed by atoms with van der Waals surface area (Å²) >= 11 is 0. The van der Waals surface area contributed by atoms with Crippen molar-refractivity contribution in [3.8, 4) is 0 Å². The second-order valence-corrected chi connectivity index (χ2v) is 6.08. The fraction of sp³-hybridized carbons (Fsp3) is 0.700. The monoisotopic (exact) mass is 358 g/mol. The molecule has 3 N–H and O–H groups in total. The van der Waals surface area contributed by atoms with Crippen LogP contribution >= 0.6 is 0 Å². The van der Waals surface area contributed by atoms with Crippen LogP contribution in [0.15, 0.2) is 24.3 Å². The van der Waals surface area contributed by atoms with Crippen molar-refractivity contribution in [3.63, 3.8) is 0 Å². The molecule has 0 aromatic heterocycles. The van der Waals surface area contributed by atoms with E-state index in [9.17, 15) is 9.59 Å². The molecule has 148 valence electrons. The summed E-state index contributed by atoms with van der Waals surface area (Å²) in [5.41, 5.74) is 0.352. The Balaban J connectivity index is -0.000000336. The normalized spacial score (nSPS) is 9.12. The van der Waals surface area contributed by atoms with Crippen molar-refractivity contribution in [2.45, 2.75) is 85.0 Å². The van der Waals surface area contributed by atoms with Crippen molar-refractivity contribution in [1.82, 2.24) is 0 Å². The van der Waals surface area contributed by atoms with Gasteiger partial charge in [-0.25, -0.2) is 9.59 Å². The fourth-order valence-electron chi connectivity index (χ4n) is 1.60. The molecule has 0 aromatic rings. The molecule has 0 radical (unpaired) electrons. The first-order valence-electron chi connectivity index (χ1n) is 9.09. The minimum Gasteiger partial charge on any atom is -0.478 e. The summed E-state index contributed by atoms with van der Waals surface area (Å²) in [5, 5.41) is 24.3. The van der Waals surface area contributed by atoms with E-state index in [4.69, 9.17) is 15.3 Å². The number of hydrogen-bond donors (Lipinski definition) is 3. The third-order valence-corrected chi connectivity index (χ3v) is 3.24. The standard InChI is InChI=1S/C12H26O.2C4H6O2/c1-2-3-4-5-6-7-8-9-10-11-12-13;2*1-3(2)4(5)6/h13H,2-12H2,1H3;2*1H2,2H3,(H,5,6). The number of aliphatic hydroxyl groups excluding tert-OH is 1. The molecule has 0 heterocycles. The average Bonchev–Trinajstić information content (AvgIpc) is 2.54. The zero-order valence-corrected chi connectivity index (χ0v) is 16.4. The van der Waals surface area contributed by atoms with Crippen LogP contribution in [-0.4, -0.2) is 33.9 Å². The Hall–Kier alpha value is -1.62. The van der Waals surface area contributed by atoms with Gasteiger partial charge in [-0.3, -0.25) is 0 Å². The van der Waals surface area contributed by atoms with E-state index < -0.39 is 11.9 Å². The molecule has 5 heteroatoms. The predicted molar refractivity (Wildman–Crippen MR) is 104 cm³/mol. The van der Waals surface area contributed by atoms with Gasteiger partial charge in [0.25, 0.3) is 0 Å². The maximum absolute atomic E-state index is 9.60. The van der Waals surface area contributed by atoms with Gasteiger partial charge in [-0.2, -0.15) is 0 Å². The van der Waals surface area contributed by atoms with Crippen molar-refractivity contribution in [2.75, 3.05) is 6.61 Å². The van der Waals surface area contributed by atoms with E-state index in [1.165, 1.54) is 71.6 Å². The third kappa shape index (κ3) is 34.6. The smallest absolute Gasteiger partial charge is 0.330 e. The van der Waals surface area contributed by atoms with Gasteiger partial charge in [0, 0.05) is 17.8 Å². The summed E-state index contributed by atoms with van der Waals surface area (Å²) in [6.45, 7) is 11.8. The highest BCUT2D eigenvalue weighted by Gasteiger charge is 1.92. The van der Waals surface area contributed by atoms with Gasteiger partial charge in [-0.15, -0.1) is 0 Å². The zero-order valence-electron chi connectivity index (χ0n) is 16.4. The molecule has 0 saturated heterocycles. The minimum absolute atomic E-state index is 0.176. The average molecular weight is 359 g/mol. The van der Waals surface area contributed by atoms with Crippen LogP contribution in [-0.2, 0) is 9.59 Å². The number of aliphatic carboxylic acids is 2. The molecule has 0 aromatic carbocycles. The Kier molecular flexibility index (Phi) is 25.2. The van der Waals surface area contributed by atoms with Crippen molar-refractivity contribution in [2.24, 2.45) is 0 Å². The third-order valence-electron chi connectivity index (χ3n) is 3.24. The molecule has 0 fully saturated rings. The van der Waals surface area contributed by atoms with Gasteiger partial charge in [-0.05, 0) is 20.3 Å². The van der Waals surface area contributed by atoms with Crippen molar-refractivity contribution in [3.05, 3.63) is 24.3 Å². The Labute approximate surface area is 153 Å². The van der Waals surface area contributed by atoms with E-state index in [0.29, 0.717) is 6.61 Å². The van der Waals surface area contributed by atoms with Gasteiger partial charge in [0.2, 0.25) is 0 Å². The molecule has 0 rings (SSSR count). The van der Waals surface area contributed by atoms with E-state index >= 15 is 0 Å². The van der Waals surface area contributed by atoms with E-state index in [1.807, 2.05) is 0 Å². The fourth-order valence-corrected chi connectivity index (χ4v) is 1.60. The zero-order chi connectivity index (χ0) is 20.1. The summed E-state index contributed by atoms with van der Waals surface area (Å²) in [5.74, 6) is -1.87. The number of carbonyl (C=O) groups is 2. The van der Waals surface area contributed by atoms with Crippen LogP contribution in [0, 0.1) is 0 Å². The lowest BCUT2D eigenvalue weighted by atomic mass is 10.1. The molecule has 5 nitrogen and oxygen atoms in total. The highest BCUT2D eigenvalue weighted by Crippen LogP contribution is 2.09. The van der Waals surface area contributed by atoms with Gasteiger partial charge < -0.3 is 15.3 Å². The number of unbranched alkanes of at least 4 members (excludes halogenated alkanes) is 9. The highest BCUT2D eigenvalue weighted by atomic mass is 16.4. The Morgan fingerprint density at radius 1 is 0.680 bits per heavy atom. The van der Waals surface area contributed by atoms with Gasteiger partial charge >= 0.3 is 11.9 Å². The van der Waals surface area contributed by atoms with Gasteiger partial charge in [0.1, 0.15) is 0 Å². The predicted octanol–water partition coefficient (Wildman–Crippen LogP) is 5.19. The first kappa shape index (κ1) is 28.2. The van der Waals surface area contributed by atoms with Crippen molar-refractivity contribution in [1.29, 1.82) is 0 Å². The van der Waals surface area contributed by atoms with E-state index in [2.05, 4.69) is 20.1 Å². The minimum atomic E-state index is -0.935. The Morgan fingerprint density at radius 3 is 1.12 bits per heavy atom. The van der Waals surface area contributed by atoms with E-state index in [1.54, 1.807) is 0 Å². The quantitative estimate of drug-likeness (QED) is 0.329. The maximum Gasteiger partial charge on any atom is 0.330 e. The van der Waals surface area contributed by atoms with Crippen LogP contribution in [0.1, 0.15) is 85.0 Å². The largest absolute Gasteiger partial charge is 0.478 e. The SMILES string of the molecule is C=C(C)C(=O)O.C=C(C)C(=O)O.CCCCCCCCCCCCO. The van der Waals surface area contributed by atoms with Gasteiger partial charge in [-0.1, -0.05) is 77.9 Å². The number of carboxylic acids is 2. The Bertz CT molecular complexity index is 303. The number of aliphatic hydroxyl groups is 1. The van der Waals surface area contributed by atoms with Crippen LogP contribution in [0.2, 0.25) is 0 Å². The molecule has 0 aliphatic carbocycles. The van der Waals surface area contributed by atoms with Crippen molar-refractivity contribution < 1.29 is 24.9 Å². The number of rotatable bonds is 12. The lowest BCUT2D eigenvalue weighted by Gasteiger charge is -2.00. The van der Waals surface area contributed by atoms with Crippen LogP contribution in [0.5, 0.6) is 0 Å². The molecular formula is C20H38O5. The molecule has 0 aliphatic heterocycles. The first-order valence-corrected chi connectivity index (χ1v) is 9.09. The van der Waals surface area contributed by atoms with Crippen LogP contribution in [0.25, 0.3) is 0 Å². The molecular weight excluding hydrogens is 320 g/mol. The topological polar surface area (TPSA) is 94.8 Å². The van der Waals surface area contributed by atoms with Gasteiger partial charge in [0.15, 0.2) is 0 Å². The second kappa shape index (κ2) is 22.4. The van der Waals surface area contributed by atoms with Crippen LogP contribution in [0.3, 0.4) is 0 Å². The summed E-state index contributed by atoms with van der Waals surface area (Å²) in [7, 11) is 0. The Morgan fingerprint density at radius 2 is 0.920 bits per heavy atom. The molecule has 0 atom stereocenters. The molecule has 0 amide bonds. The molecule has 0 bridgehead atoms. The van der Waals surface area contributed by atoms with Gasteiger partial charge in [0.05, 0.1) is 0 Å². The maximum atomic E-state index is 9.60. The van der Waals surface area contributed by atoms with Crippen molar-refractivity contribution >= 4 is 11.9 Å². The molecule has 0 unspecified atom stereocenters. The van der Waals surface area contributed by atoms with E-state index in [-0.39, 0.29) is 11.1 Å². The molecule has 0 spiro atoms. The first-order chi connectivity index (χ1) is 11.7. The summed E-state index contributed by atoms with van der Waals surface area (Å²) in [4.78, 5) is 19.2. The second-order valence-electron chi connectivity index (χ2n) is 6.08. The summed E-state index contributed by atoms with van der Waals surface area (Å²) in [6, 6.07) is 0. The molecule has 0 saturated carbocycles. The van der Waals surface area contributed by atoms with E-state index in [0.717, 1.165) is 6.42 Å².